The number of benzene rings is 1. The number of ether oxygens (including phenoxy) is 1. The van der Waals surface area contributed by atoms with Gasteiger partial charge in [-0.15, -0.1) is 13.2 Å². The van der Waals surface area contributed by atoms with Crippen LogP contribution in [0.1, 0.15) is 23.7 Å². The predicted octanol–water partition coefficient (Wildman–Crippen LogP) is 2.01. The highest BCUT2D eigenvalue weighted by molar-refractivity contribution is 5.95. The lowest BCUT2D eigenvalue weighted by Crippen LogP contribution is -2.29. The third-order valence-corrected chi connectivity index (χ3v) is 2.71. The number of nitrogen functional groups attached to an aromatic ring is 1. The molecule has 1 aromatic carbocycles. The highest BCUT2D eigenvalue weighted by Crippen LogP contribution is 2.29. The molecule has 0 fully saturated rings. The number of nitrogens with zero attached hydrogens (tertiary/aromatic N) is 1. The Morgan fingerprint density at radius 1 is 1.48 bits per heavy atom. The molecule has 1 atom stereocenters. The molecule has 0 bridgehead atoms. The highest BCUT2D eigenvalue weighted by atomic mass is 19.4. The van der Waals surface area contributed by atoms with Crippen molar-refractivity contribution in [2.45, 2.75) is 25.8 Å². The maximum Gasteiger partial charge on any atom is 0.573 e. The van der Waals surface area contributed by atoms with Gasteiger partial charge in [-0.3, -0.25) is 4.79 Å². The molecule has 0 aliphatic heterocycles. The maximum atomic E-state index is 12.1. The van der Waals surface area contributed by atoms with Crippen molar-refractivity contribution in [1.82, 2.24) is 4.90 Å². The molecule has 0 radical (unpaired) electrons. The van der Waals surface area contributed by atoms with Gasteiger partial charge in [-0.05, 0) is 31.5 Å². The number of aliphatic hydroxyl groups excluding tert-OH is 1. The van der Waals surface area contributed by atoms with Crippen molar-refractivity contribution in [2.75, 3.05) is 19.3 Å². The number of rotatable bonds is 5. The van der Waals surface area contributed by atoms with Crippen LogP contribution in [0.4, 0.5) is 18.9 Å². The quantitative estimate of drug-likeness (QED) is 0.816. The molecule has 1 amide bonds. The number of hydrogen-bond donors (Lipinski definition) is 2. The topological polar surface area (TPSA) is 75.8 Å². The van der Waals surface area contributed by atoms with Crippen LogP contribution in [0.5, 0.6) is 5.75 Å². The molecule has 0 heterocycles. The Labute approximate surface area is 120 Å². The summed E-state index contributed by atoms with van der Waals surface area (Å²) < 4.78 is 40.0. The standard InChI is InChI=1S/C13H17F3N2O3/c1-8(19)5-6-18(2)12(20)9-3-4-11(10(17)7-9)21-13(14,15)16/h3-4,7-8,19H,5-6,17H2,1-2H3. The summed E-state index contributed by atoms with van der Waals surface area (Å²) >= 11 is 0. The molecule has 0 aliphatic carbocycles. The smallest absolute Gasteiger partial charge is 0.404 e. The van der Waals surface area contributed by atoms with E-state index in [1.807, 2.05) is 0 Å². The number of alkyl halides is 3. The fourth-order valence-electron chi connectivity index (χ4n) is 1.60. The van der Waals surface area contributed by atoms with Crippen LogP contribution in [0.2, 0.25) is 0 Å². The van der Waals surface area contributed by atoms with E-state index in [1.54, 1.807) is 6.92 Å². The van der Waals surface area contributed by atoms with Crippen molar-refractivity contribution >= 4 is 11.6 Å². The Morgan fingerprint density at radius 2 is 2.10 bits per heavy atom. The lowest BCUT2D eigenvalue weighted by Gasteiger charge is -2.19. The second-order valence-electron chi connectivity index (χ2n) is 4.66. The number of anilines is 1. The number of carbonyl (C=O) groups is 1. The van der Waals surface area contributed by atoms with Gasteiger partial charge in [0.1, 0.15) is 0 Å². The van der Waals surface area contributed by atoms with E-state index in [1.165, 1.54) is 18.0 Å². The highest BCUT2D eigenvalue weighted by Gasteiger charge is 2.32. The van der Waals surface area contributed by atoms with Crippen LogP contribution in [0.3, 0.4) is 0 Å². The predicted molar refractivity (Wildman–Crippen MR) is 70.8 cm³/mol. The van der Waals surface area contributed by atoms with Crippen molar-refractivity contribution in [2.24, 2.45) is 0 Å². The van der Waals surface area contributed by atoms with Crippen LogP contribution in [0, 0.1) is 0 Å². The fraction of sp³-hybridized carbons (Fsp3) is 0.462. The van der Waals surface area contributed by atoms with Crippen LogP contribution in [0.15, 0.2) is 18.2 Å². The van der Waals surface area contributed by atoms with Gasteiger partial charge in [0, 0.05) is 19.2 Å². The summed E-state index contributed by atoms with van der Waals surface area (Å²) in [6.07, 6.45) is -4.99. The van der Waals surface area contributed by atoms with Gasteiger partial charge in [-0.1, -0.05) is 0 Å². The van der Waals surface area contributed by atoms with Gasteiger partial charge in [-0.2, -0.15) is 0 Å². The summed E-state index contributed by atoms with van der Waals surface area (Å²) in [7, 11) is 1.53. The molecule has 0 aromatic heterocycles. The van der Waals surface area contributed by atoms with Crippen molar-refractivity contribution in [3.05, 3.63) is 23.8 Å². The molecule has 0 aliphatic rings. The molecular weight excluding hydrogens is 289 g/mol. The molecule has 1 aromatic rings. The Hall–Kier alpha value is -1.96. The second kappa shape index (κ2) is 6.66. The molecule has 21 heavy (non-hydrogen) atoms. The maximum absolute atomic E-state index is 12.1. The Morgan fingerprint density at radius 3 is 2.57 bits per heavy atom. The second-order valence-corrected chi connectivity index (χ2v) is 4.66. The zero-order chi connectivity index (χ0) is 16.2. The normalized spacial score (nSPS) is 12.9. The minimum atomic E-state index is -4.84. The number of hydrogen-bond acceptors (Lipinski definition) is 4. The van der Waals surface area contributed by atoms with E-state index in [0.29, 0.717) is 13.0 Å². The zero-order valence-electron chi connectivity index (χ0n) is 11.6. The molecule has 8 heteroatoms. The van der Waals surface area contributed by atoms with Gasteiger partial charge in [0.2, 0.25) is 0 Å². The number of aliphatic hydroxyl groups is 1. The molecule has 0 saturated carbocycles. The lowest BCUT2D eigenvalue weighted by molar-refractivity contribution is -0.274. The first-order chi connectivity index (χ1) is 9.60. The van der Waals surface area contributed by atoms with Gasteiger partial charge >= 0.3 is 6.36 Å². The van der Waals surface area contributed by atoms with Crippen LogP contribution < -0.4 is 10.5 Å². The minimum Gasteiger partial charge on any atom is -0.404 e. The van der Waals surface area contributed by atoms with Crippen LogP contribution in [-0.4, -0.2) is 42.0 Å². The van der Waals surface area contributed by atoms with Gasteiger partial charge in [0.15, 0.2) is 5.75 Å². The van der Waals surface area contributed by atoms with E-state index in [9.17, 15) is 18.0 Å². The van der Waals surface area contributed by atoms with E-state index in [4.69, 9.17) is 10.8 Å². The van der Waals surface area contributed by atoms with Crippen molar-refractivity contribution in [3.8, 4) is 5.75 Å². The van der Waals surface area contributed by atoms with E-state index >= 15 is 0 Å². The lowest BCUT2D eigenvalue weighted by atomic mass is 10.1. The number of halogens is 3. The Kier molecular flexibility index (Phi) is 5.42. The average molecular weight is 306 g/mol. The SMILES string of the molecule is CC(O)CCN(C)C(=O)c1ccc(OC(F)(F)F)c(N)c1. The molecule has 0 saturated heterocycles. The first kappa shape index (κ1) is 17.1. The van der Waals surface area contributed by atoms with E-state index in [-0.39, 0.29) is 11.3 Å². The summed E-state index contributed by atoms with van der Waals surface area (Å²) in [5.74, 6) is -0.952. The largest absolute Gasteiger partial charge is 0.573 e. The van der Waals surface area contributed by atoms with Crippen LogP contribution in [0.25, 0.3) is 0 Å². The van der Waals surface area contributed by atoms with Crippen LogP contribution in [-0.2, 0) is 0 Å². The van der Waals surface area contributed by atoms with E-state index in [0.717, 1.165) is 12.1 Å². The summed E-state index contributed by atoms with van der Waals surface area (Å²) in [5.41, 5.74) is 5.33. The summed E-state index contributed by atoms with van der Waals surface area (Å²) in [6, 6.07) is 3.33. The summed E-state index contributed by atoms with van der Waals surface area (Å²) in [5, 5.41) is 9.16. The van der Waals surface area contributed by atoms with Crippen molar-refractivity contribution in [3.63, 3.8) is 0 Å². The first-order valence-electron chi connectivity index (χ1n) is 6.19. The fourth-order valence-corrected chi connectivity index (χ4v) is 1.60. The van der Waals surface area contributed by atoms with Crippen molar-refractivity contribution < 1.29 is 27.8 Å². The molecular formula is C13H17F3N2O3. The minimum absolute atomic E-state index is 0.148. The molecule has 5 nitrogen and oxygen atoms in total. The number of carbonyl (C=O) groups excluding carboxylic acids is 1. The third-order valence-electron chi connectivity index (χ3n) is 2.71. The third kappa shape index (κ3) is 5.50. The number of amides is 1. The van der Waals surface area contributed by atoms with E-state index < -0.39 is 24.1 Å². The molecule has 3 N–H and O–H groups in total. The summed E-state index contributed by atoms with van der Waals surface area (Å²) in [6.45, 7) is 1.91. The van der Waals surface area contributed by atoms with E-state index in [2.05, 4.69) is 4.74 Å². The molecule has 1 rings (SSSR count). The summed E-state index contributed by atoms with van der Waals surface area (Å²) in [4.78, 5) is 13.4. The monoisotopic (exact) mass is 306 g/mol. The molecule has 118 valence electrons. The van der Waals surface area contributed by atoms with Gasteiger partial charge in [0.05, 0.1) is 11.8 Å². The van der Waals surface area contributed by atoms with Crippen molar-refractivity contribution in [1.29, 1.82) is 0 Å². The number of nitrogens with two attached hydrogens (primary N) is 1. The Bertz CT molecular complexity index is 504. The average Bonchev–Trinajstić information content (AvgIpc) is 2.36. The first-order valence-corrected chi connectivity index (χ1v) is 6.19. The molecule has 0 spiro atoms. The van der Waals surface area contributed by atoms with Gasteiger partial charge in [-0.25, -0.2) is 0 Å². The zero-order valence-corrected chi connectivity index (χ0v) is 11.6. The van der Waals surface area contributed by atoms with Crippen LogP contribution >= 0.6 is 0 Å². The van der Waals surface area contributed by atoms with Gasteiger partial charge < -0.3 is 20.5 Å². The Balaban J connectivity index is 2.81. The molecule has 1 unspecified atom stereocenters. The van der Waals surface area contributed by atoms with Gasteiger partial charge in [0.25, 0.3) is 5.91 Å².